The summed E-state index contributed by atoms with van der Waals surface area (Å²) in [5.41, 5.74) is 1.75. The van der Waals surface area contributed by atoms with Crippen LogP contribution in [0.15, 0.2) is 11.1 Å². The number of allylic oxidation sites excluding steroid dienone is 2. The number of ketones is 1. The van der Waals surface area contributed by atoms with E-state index in [9.17, 15) is 19.8 Å². The summed E-state index contributed by atoms with van der Waals surface area (Å²) in [6.45, 7) is 13.1. The predicted molar refractivity (Wildman–Crippen MR) is 134 cm³/mol. The summed E-state index contributed by atoms with van der Waals surface area (Å²) < 4.78 is 12.8. The monoisotopic (exact) mass is 500 g/mol. The van der Waals surface area contributed by atoms with Crippen LogP contribution in [0.3, 0.4) is 0 Å². The fraction of sp³-hybridized carbons (Fsp3) is 0.867. The molecule has 10 atom stereocenters. The van der Waals surface area contributed by atoms with E-state index in [0.29, 0.717) is 12.8 Å². The van der Waals surface area contributed by atoms with Gasteiger partial charge in [0.05, 0.1) is 23.5 Å². The molecule has 36 heavy (non-hydrogen) atoms. The van der Waals surface area contributed by atoms with Crippen molar-refractivity contribution >= 4 is 11.8 Å². The van der Waals surface area contributed by atoms with Gasteiger partial charge < -0.3 is 19.7 Å². The number of carbonyl (C=O) groups excluding carboxylic acids is 2. The van der Waals surface area contributed by atoms with Crippen LogP contribution in [-0.4, -0.2) is 46.1 Å². The molecule has 2 saturated carbocycles. The third kappa shape index (κ3) is 2.55. The summed E-state index contributed by atoms with van der Waals surface area (Å²) in [6.07, 6.45) is 6.79. The third-order valence-corrected chi connectivity index (χ3v) is 13.1. The van der Waals surface area contributed by atoms with Crippen molar-refractivity contribution < 1.29 is 29.3 Å². The molecule has 4 fully saturated rings. The number of esters is 1. The highest BCUT2D eigenvalue weighted by Gasteiger charge is 2.76. The van der Waals surface area contributed by atoms with Gasteiger partial charge in [-0.15, -0.1) is 0 Å². The molecular formula is C30H44O6. The standard InChI is InChI=1S/C30H44O6/c1-17-15-30(23(33)18(2)24(34)35-30)36-29(17)14-13-27(5)20-7-8-21-25(3,19(20)9-12-28(27,29)6)11-10-22(32)26(21,4)16-31/h17-18,21,23,31,33H,7-16H2,1-6H3/t17-,18-,21-,23+,25-,26-,27+,28+,29+,30-/m1/s1. The van der Waals surface area contributed by atoms with Crippen LogP contribution in [0.1, 0.15) is 99.3 Å². The summed E-state index contributed by atoms with van der Waals surface area (Å²) in [7, 11) is 0. The van der Waals surface area contributed by atoms with Crippen LogP contribution in [0.25, 0.3) is 0 Å². The van der Waals surface area contributed by atoms with E-state index in [-0.39, 0.29) is 46.4 Å². The van der Waals surface area contributed by atoms with Crippen molar-refractivity contribution in [3.05, 3.63) is 11.1 Å². The van der Waals surface area contributed by atoms with Crippen molar-refractivity contribution in [2.45, 2.75) is 117 Å². The fourth-order valence-corrected chi connectivity index (χ4v) is 10.6. The van der Waals surface area contributed by atoms with Crippen LogP contribution in [0.5, 0.6) is 0 Å². The first kappa shape index (κ1) is 25.1. The maximum Gasteiger partial charge on any atom is 0.314 e. The van der Waals surface area contributed by atoms with Crippen LogP contribution in [0, 0.1) is 39.4 Å². The molecule has 2 aliphatic heterocycles. The maximum atomic E-state index is 13.0. The highest BCUT2D eigenvalue weighted by Crippen LogP contribution is 2.76. The summed E-state index contributed by atoms with van der Waals surface area (Å²) in [6, 6.07) is 0. The molecule has 0 radical (unpaired) electrons. The molecule has 2 spiro atoms. The van der Waals surface area contributed by atoms with Crippen molar-refractivity contribution in [2.75, 3.05) is 6.61 Å². The summed E-state index contributed by atoms with van der Waals surface area (Å²) in [4.78, 5) is 25.4. The van der Waals surface area contributed by atoms with Gasteiger partial charge in [0, 0.05) is 18.3 Å². The molecular weight excluding hydrogens is 456 g/mol. The number of aliphatic hydroxyl groups is 2. The van der Waals surface area contributed by atoms with E-state index in [4.69, 9.17) is 9.47 Å². The molecule has 2 N–H and O–H groups in total. The van der Waals surface area contributed by atoms with Gasteiger partial charge in [-0.05, 0) is 74.5 Å². The minimum atomic E-state index is -1.23. The van der Waals surface area contributed by atoms with Crippen LogP contribution < -0.4 is 0 Å². The van der Waals surface area contributed by atoms with Crippen LogP contribution in [0.2, 0.25) is 0 Å². The van der Waals surface area contributed by atoms with E-state index in [2.05, 4.69) is 27.7 Å². The van der Waals surface area contributed by atoms with Crippen LogP contribution in [-0.2, 0) is 19.1 Å². The van der Waals surface area contributed by atoms with E-state index in [1.807, 2.05) is 6.92 Å². The molecule has 6 heteroatoms. The van der Waals surface area contributed by atoms with Gasteiger partial charge in [-0.25, -0.2) is 0 Å². The molecule has 0 unspecified atom stereocenters. The highest BCUT2D eigenvalue weighted by atomic mass is 16.7. The molecule has 0 bridgehead atoms. The van der Waals surface area contributed by atoms with Gasteiger partial charge in [-0.2, -0.15) is 0 Å². The zero-order valence-electron chi connectivity index (χ0n) is 22.9. The Labute approximate surface area is 215 Å². The quantitative estimate of drug-likeness (QED) is 0.400. The van der Waals surface area contributed by atoms with Crippen LogP contribution >= 0.6 is 0 Å². The second kappa shape index (κ2) is 7.24. The van der Waals surface area contributed by atoms with Crippen molar-refractivity contribution in [1.82, 2.24) is 0 Å². The third-order valence-electron chi connectivity index (χ3n) is 13.1. The Balaban J connectivity index is 1.41. The number of aliphatic hydroxyl groups excluding tert-OH is 2. The zero-order valence-corrected chi connectivity index (χ0v) is 22.9. The first-order valence-corrected chi connectivity index (χ1v) is 14.2. The number of rotatable bonds is 1. The molecule has 2 heterocycles. The van der Waals surface area contributed by atoms with Gasteiger partial charge in [-0.1, -0.05) is 45.8 Å². The van der Waals surface area contributed by atoms with Crippen molar-refractivity contribution in [1.29, 1.82) is 0 Å². The van der Waals surface area contributed by atoms with Gasteiger partial charge in [0.15, 0.2) is 0 Å². The molecule has 6 nitrogen and oxygen atoms in total. The number of Topliss-reactive ketones (excluding diaryl/α,β-unsaturated/α-hetero) is 1. The number of hydrogen-bond donors (Lipinski definition) is 2. The molecule has 4 aliphatic carbocycles. The summed E-state index contributed by atoms with van der Waals surface area (Å²) in [5, 5.41) is 21.4. The fourth-order valence-electron chi connectivity index (χ4n) is 10.6. The van der Waals surface area contributed by atoms with Crippen LogP contribution in [0.4, 0.5) is 0 Å². The van der Waals surface area contributed by atoms with Gasteiger partial charge in [0.1, 0.15) is 11.9 Å². The van der Waals surface area contributed by atoms with Crippen molar-refractivity contribution in [3.8, 4) is 0 Å². The Hall–Kier alpha value is -1.24. The van der Waals surface area contributed by atoms with E-state index >= 15 is 0 Å². The molecule has 2 saturated heterocycles. The molecule has 6 rings (SSSR count). The second-order valence-electron chi connectivity index (χ2n) is 14.2. The number of carbonyl (C=O) groups is 2. The number of ether oxygens (including phenoxy) is 2. The second-order valence-corrected chi connectivity index (χ2v) is 14.2. The Morgan fingerprint density at radius 2 is 1.67 bits per heavy atom. The smallest absolute Gasteiger partial charge is 0.314 e. The highest BCUT2D eigenvalue weighted by molar-refractivity contribution is 5.86. The normalized spacial score (nSPS) is 56.2. The summed E-state index contributed by atoms with van der Waals surface area (Å²) >= 11 is 0. The average Bonchev–Trinajstić information content (AvgIpc) is 3.35. The topological polar surface area (TPSA) is 93.1 Å². The molecule has 200 valence electrons. The van der Waals surface area contributed by atoms with E-state index in [0.717, 1.165) is 44.9 Å². The van der Waals surface area contributed by atoms with Gasteiger partial charge in [0.25, 0.3) is 0 Å². The lowest BCUT2D eigenvalue weighted by Crippen LogP contribution is -2.59. The minimum absolute atomic E-state index is 0.0510. The largest absolute Gasteiger partial charge is 0.430 e. The SMILES string of the molecule is C[C@@H]1C[C@@]2(OC(=O)[C@H](C)[C@@H]2O)O[C@@]12CC[C@@]1(C)C3=C(CC[C@@]12C)[C@@]1(C)CCC(=O)[C@](C)(CO)[C@@H]1CC3. The predicted octanol–water partition coefficient (Wildman–Crippen LogP) is 4.71. The maximum absolute atomic E-state index is 13.0. The first-order chi connectivity index (χ1) is 16.7. The molecule has 0 aromatic rings. The Morgan fingerprint density at radius 3 is 2.31 bits per heavy atom. The molecule has 0 aromatic carbocycles. The number of hydrogen-bond acceptors (Lipinski definition) is 6. The van der Waals surface area contributed by atoms with E-state index < -0.39 is 28.8 Å². The average molecular weight is 501 g/mol. The first-order valence-electron chi connectivity index (χ1n) is 14.2. The molecule has 6 aliphatic rings. The number of fused-ring (bicyclic) bond motifs is 5. The van der Waals surface area contributed by atoms with Crippen molar-refractivity contribution in [3.63, 3.8) is 0 Å². The Kier molecular flexibility index (Phi) is 5.04. The molecule has 0 amide bonds. The van der Waals surface area contributed by atoms with E-state index in [1.165, 1.54) is 0 Å². The lowest BCUT2D eigenvalue weighted by atomic mass is 9.43. The summed E-state index contributed by atoms with van der Waals surface area (Å²) in [5.74, 6) is -1.60. The minimum Gasteiger partial charge on any atom is -0.430 e. The Bertz CT molecular complexity index is 1070. The lowest BCUT2D eigenvalue weighted by Gasteiger charge is -2.62. The zero-order chi connectivity index (χ0) is 26.1. The van der Waals surface area contributed by atoms with Gasteiger partial charge >= 0.3 is 5.97 Å². The van der Waals surface area contributed by atoms with E-state index in [1.54, 1.807) is 18.1 Å². The van der Waals surface area contributed by atoms with Crippen molar-refractivity contribution in [2.24, 2.45) is 39.4 Å². The Morgan fingerprint density at radius 1 is 0.944 bits per heavy atom. The molecule has 0 aromatic heterocycles. The van der Waals surface area contributed by atoms with Gasteiger partial charge in [-0.3, -0.25) is 9.59 Å². The van der Waals surface area contributed by atoms with Gasteiger partial charge in [0.2, 0.25) is 5.79 Å². The lowest BCUT2D eigenvalue weighted by molar-refractivity contribution is -0.279.